The highest BCUT2D eigenvalue weighted by Gasteiger charge is 2.17. The van der Waals surface area contributed by atoms with Crippen molar-refractivity contribution in [1.82, 2.24) is 5.32 Å². The first-order valence-electron chi connectivity index (χ1n) is 4.53. The van der Waals surface area contributed by atoms with Gasteiger partial charge in [-0.15, -0.1) is 12.4 Å². The van der Waals surface area contributed by atoms with Crippen LogP contribution >= 0.6 is 12.4 Å². The van der Waals surface area contributed by atoms with Gasteiger partial charge in [0.1, 0.15) is 12.6 Å². The molecule has 0 saturated carbocycles. The van der Waals surface area contributed by atoms with Crippen LogP contribution < -0.4 is 10.1 Å². The molecular formula is C10H12ClF2NO3. The van der Waals surface area contributed by atoms with Gasteiger partial charge >= 0.3 is 5.97 Å². The lowest BCUT2D eigenvalue weighted by Crippen LogP contribution is -2.39. The van der Waals surface area contributed by atoms with Gasteiger partial charge in [0.2, 0.25) is 5.82 Å². The minimum absolute atomic E-state index is 0. The largest absolute Gasteiger partial charge is 0.488 e. The third-order valence-corrected chi connectivity index (χ3v) is 1.97. The number of aliphatic carboxylic acids is 1. The summed E-state index contributed by atoms with van der Waals surface area (Å²) in [7, 11) is 1.43. The summed E-state index contributed by atoms with van der Waals surface area (Å²) in [5.74, 6) is -3.59. The van der Waals surface area contributed by atoms with Gasteiger partial charge in [0.25, 0.3) is 0 Å². The number of likely N-dealkylation sites (N-methyl/N-ethyl adjacent to an activating group) is 1. The summed E-state index contributed by atoms with van der Waals surface area (Å²) in [6.07, 6.45) is 0. The summed E-state index contributed by atoms with van der Waals surface area (Å²) in [4.78, 5) is 10.6. The Kier molecular flexibility index (Phi) is 6.45. The highest BCUT2D eigenvalue weighted by molar-refractivity contribution is 5.85. The molecule has 4 nitrogen and oxygen atoms in total. The number of carboxylic acid groups (broad SMARTS) is 1. The number of nitrogens with one attached hydrogen (secondary N) is 1. The standard InChI is InChI=1S/C10H11F2NO3.ClH/c1-13-7(10(14)15)5-16-8-4-2-3-6(11)9(8)12;/h2-4,7,13H,5H2,1H3,(H,14,15);1H/t7-;/m0./s1. The van der Waals surface area contributed by atoms with Gasteiger partial charge < -0.3 is 15.2 Å². The van der Waals surface area contributed by atoms with E-state index in [2.05, 4.69) is 5.32 Å². The van der Waals surface area contributed by atoms with Crippen LogP contribution in [0.2, 0.25) is 0 Å². The highest BCUT2D eigenvalue weighted by Crippen LogP contribution is 2.19. The second kappa shape index (κ2) is 7.03. The van der Waals surface area contributed by atoms with E-state index in [4.69, 9.17) is 9.84 Å². The number of hydrogen-bond acceptors (Lipinski definition) is 3. The zero-order valence-corrected chi connectivity index (χ0v) is 9.76. The maximum Gasteiger partial charge on any atom is 0.324 e. The van der Waals surface area contributed by atoms with Crippen LogP contribution in [0.15, 0.2) is 18.2 Å². The lowest BCUT2D eigenvalue weighted by atomic mass is 10.3. The molecule has 1 aromatic rings. The van der Waals surface area contributed by atoms with Crippen LogP contribution in [0.4, 0.5) is 8.78 Å². The van der Waals surface area contributed by atoms with Crippen molar-refractivity contribution >= 4 is 18.4 Å². The van der Waals surface area contributed by atoms with Gasteiger partial charge in [-0.2, -0.15) is 4.39 Å². The number of ether oxygens (including phenoxy) is 1. The average molecular weight is 268 g/mol. The zero-order valence-electron chi connectivity index (χ0n) is 8.94. The normalized spacial score (nSPS) is 11.5. The van der Waals surface area contributed by atoms with Gasteiger partial charge in [-0.25, -0.2) is 4.39 Å². The summed E-state index contributed by atoms with van der Waals surface area (Å²) in [5, 5.41) is 11.1. The Morgan fingerprint density at radius 1 is 1.53 bits per heavy atom. The van der Waals surface area contributed by atoms with E-state index in [1.165, 1.54) is 19.2 Å². The number of carboxylic acids is 1. The SMILES string of the molecule is CN[C@@H](COc1cccc(F)c1F)C(=O)O.Cl. The van der Waals surface area contributed by atoms with Gasteiger partial charge in [0.15, 0.2) is 11.6 Å². The Hall–Kier alpha value is -1.40. The Morgan fingerprint density at radius 2 is 2.18 bits per heavy atom. The van der Waals surface area contributed by atoms with E-state index >= 15 is 0 Å². The summed E-state index contributed by atoms with van der Waals surface area (Å²) < 4.78 is 30.7. The fraction of sp³-hybridized carbons (Fsp3) is 0.300. The van der Waals surface area contributed by atoms with Crippen LogP contribution in [-0.4, -0.2) is 30.8 Å². The molecule has 0 aliphatic rings. The van der Waals surface area contributed by atoms with Crippen molar-refractivity contribution in [3.63, 3.8) is 0 Å². The van der Waals surface area contributed by atoms with Crippen LogP contribution in [0.1, 0.15) is 0 Å². The van der Waals surface area contributed by atoms with E-state index in [0.29, 0.717) is 0 Å². The molecule has 0 aromatic heterocycles. The number of halogens is 3. The molecule has 7 heteroatoms. The molecule has 0 aliphatic carbocycles. The topological polar surface area (TPSA) is 58.6 Å². The molecule has 0 spiro atoms. The van der Waals surface area contributed by atoms with E-state index in [9.17, 15) is 13.6 Å². The first-order valence-corrected chi connectivity index (χ1v) is 4.53. The maximum atomic E-state index is 13.1. The molecule has 0 radical (unpaired) electrons. The van der Waals surface area contributed by atoms with Gasteiger partial charge in [-0.3, -0.25) is 4.79 Å². The number of benzene rings is 1. The van der Waals surface area contributed by atoms with Crippen molar-refractivity contribution in [3.8, 4) is 5.75 Å². The third kappa shape index (κ3) is 4.16. The van der Waals surface area contributed by atoms with Crippen molar-refractivity contribution in [2.45, 2.75) is 6.04 Å². The molecule has 1 aromatic carbocycles. The fourth-order valence-corrected chi connectivity index (χ4v) is 1.05. The van der Waals surface area contributed by atoms with E-state index < -0.39 is 23.6 Å². The molecular weight excluding hydrogens is 256 g/mol. The molecule has 0 fully saturated rings. The van der Waals surface area contributed by atoms with E-state index in [-0.39, 0.29) is 24.8 Å². The Balaban J connectivity index is 0.00000256. The number of carbonyl (C=O) groups is 1. The quantitative estimate of drug-likeness (QED) is 0.848. The summed E-state index contributed by atoms with van der Waals surface area (Å²) in [5.41, 5.74) is 0. The van der Waals surface area contributed by atoms with Gasteiger partial charge in [-0.1, -0.05) is 6.07 Å². The second-order valence-electron chi connectivity index (χ2n) is 3.04. The minimum Gasteiger partial charge on any atom is -0.488 e. The molecule has 0 unspecified atom stereocenters. The van der Waals surface area contributed by atoms with Crippen LogP contribution in [0.25, 0.3) is 0 Å². The molecule has 0 bridgehead atoms. The molecule has 0 heterocycles. The summed E-state index contributed by atoms with van der Waals surface area (Å²) >= 11 is 0. The van der Waals surface area contributed by atoms with Gasteiger partial charge in [-0.05, 0) is 19.2 Å². The van der Waals surface area contributed by atoms with Crippen molar-refractivity contribution < 1.29 is 23.4 Å². The molecule has 17 heavy (non-hydrogen) atoms. The second-order valence-corrected chi connectivity index (χ2v) is 3.04. The van der Waals surface area contributed by atoms with Gasteiger partial charge in [0.05, 0.1) is 0 Å². The maximum absolute atomic E-state index is 13.1. The van der Waals surface area contributed by atoms with Crippen molar-refractivity contribution in [3.05, 3.63) is 29.8 Å². The first-order chi connectivity index (χ1) is 7.56. The molecule has 0 amide bonds. The smallest absolute Gasteiger partial charge is 0.324 e. The highest BCUT2D eigenvalue weighted by atomic mass is 35.5. The Labute approximate surface area is 103 Å². The van der Waals surface area contributed by atoms with Crippen LogP contribution in [-0.2, 0) is 4.79 Å². The molecule has 0 aliphatic heterocycles. The molecule has 2 N–H and O–H groups in total. The lowest BCUT2D eigenvalue weighted by molar-refractivity contribution is -0.140. The third-order valence-electron chi connectivity index (χ3n) is 1.97. The van der Waals surface area contributed by atoms with Crippen LogP contribution in [0, 0.1) is 11.6 Å². The molecule has 1 atom stereocenters. The van der Waals surface area contributed by atoms with E-state index in [0.717, 1.165) is 6.07 Å². The van der Waals surface area contributed by atoms with E-state index in [1.807, 2.05) is 0 Å². The molecule has 96 valence electrons. The lowest BCUT2D eigenvalue weighted by Gasteiger charge is -2.13. The molecule has 1 rings (SSSR count). The van der Waals surface area contributed by atoms with Crippen LogP contribution in [0.5, 0.6) is 5.75 Å². The molecule has 0 saturated heterocycles. The number of hydrogen-bond donors (Lipinski definition) is 2. The minimum atomic E-state index is -1.13. The van der Waals surface area contributed by atoms with Crippen molar-refractivity contribution in [2.75, 3.05) is 13.7 Å². The monoisotopic (exact) mass is 267 g/mol. The predicted molar refractivity (Wildman–Crippen MR) is 59.6 cm³/mol. The average Bonchev–Trinajstić information content (AvgIpc) is 2.24. The van der Waals surface area contributed by atoms with E-state index in [1.54, 1.807) is 0 Å². The summed E-state index contributed by atoms with van der Waals surface area (Å²) in [6.45, 7) is -0.286. The first kappa shape index (κ1) is 15.6. The number of rotatable bonds is 5. The Bertz CT molecular complexity index is 390. The van der Waals surface area contributed by atoms with Gasteiger partial charge in [0, 0.05) is 0 Å². The zero-order chi connectivity index (χ0) is 12.1. The van der Waals surface area contributed by atoms with Crippen molar-refractivity contribution in [2.24, 2.45) is 0 Å². The summed E-state index contributed by atoms with van der Waals surface area (Å²) in [6, 6.07) is 2.49. The fourth-order valence-electron chi connectivity index (χ4n) is 1.05. The predicted octanol–water partition coefficient (Wildman–Crippen LogP) is 1.44. The van der Waals surface area contributed by atoms with Crippen LogP contribution in [0.3, 0.4) is 0 Å². The Morgan fingerprint density at radius 3 is 2.71 bits per heavy atom. The van der Waals surface area contributed by atoms with Crippen molar-refractivity contribution in [1.29, 1.82) is 0 Å².